The molecule has 0 radical (unpaired) electrons. The SMILES string of the molecule is Cc1cc(N2CCCC2C2CCOCC2)nc(-c2ccccn2)n1. The van der Waals surface area contributed by atoms with Crippen LogP contribution in [0.4, 0.5) is 5.82 Å². The molecule has 24 heavy (non-hydrogen) atoms. The zero-order valence-electron chi connectivity index (χ0n) is 14.2. The Bertz CT molecular complexity index is 685. The zero-order valence-corrected chi connectivity index (χ0v) is 14.2. The fourth-order valence-corrected chi connectivity index (χ4v) is 3.98. The van der Waals surface area contributed by atoms with E-state index in [2.05, 4.69) is 20.9 Å². The highest BCUT2D eigenvalue weighted by Crippen LogP contribution is 2.34. The highest BCUT2D eigenvalue weighted by Gasteiger charge is 2.33. The molecule has 126 valence electrons. The van der Waals surface area contributed by atoms with Crippen LogP contribution in [0.5, 0.6) is 0 Å². The predicted octanol–water partition coefficient (Wildman–Crippen LogP) is 3.24. The number of ether oxygens (including phenoxy) is 1. The number of nitrogens with zero attached hydrogens (tertiary/aromatic N) is 4. The Morgan fingerprint density at radius 2 is 2.00 bits per heavy atom. The van der Waals surface area contributed by atoms with Crippen molar-refractivity contribution < 1.29 is 4.74 Å². The summed E-state index contributed by atoms with van der Waals surface area (Å²) in [6.45, 7) is 4.92. The molecule has 4 rings (SSSR count). The summed E-state index contributed by atoms with van der Waals surface area (Å²) < 4.78 is 5.54. The van der Waals surface area contributed by atoms with E-state index in [-0.39, 0.29) is 0 Å². The molecule has 2 aliphatic rings. The second-order valence-electron chi connectivity index (χ2n) is 6.76. The second-order valence-corrected chi connectivity index (χ2v) is 6.76. The molecule has 2 aromatic heterocycles. The molecular formula is C19H24N4O. The first-order valence-electron chi connectivity index (χ1n) is 8.93. The van der Waals surface area contributed by atoms with Crippen LogP contribution in [-0.4, -0.2) is 40.8 Å². The summed E-state index contributed by atoms with van der Waals surface area (Å²) >= 11 is 0. The third kappa shape index (κ3) is 3.13. The standard InChI is InChI=1S/C19H24N4O/c1-14-13-18(22-19(21-14)16-5-2-3-9-20-16)23-10-4-6-17(23)15-7-11-24-12-8-15/h2-3,5,9,13,15,17H,4,6-8,10-12H2,1H3. The highest BCUT2D eigenvalue weighted by molar-refractivity contribution is 5.54. The number of aryl methyl sites for hydroxylation is 1. The van der Waals surface area contributed by atoms with E-state index in [1.807, 2.05) is 25.1 Å². The average molecular weight is 324 g/mol. The molecule has 5 nitrogen and oxygen atoms in total. The molecule has 0 amide bonds. The molecule has 2 saturated heterocycles. The van der Waals surface area contributed by atoms with Crippen molar-refractivity contribution in [2.24, 2.45) is 5.92 Å². The normalized spacial score (nSPS) is 22.0. The van der Waals surface area contributed by atoms with Crippen molar-refractivity contribution >= 4 is 5.82 Å². The molecule has 2 aliphatic heterocycles. The van der Waals surface area contributed by atoms with Gasteiger partial charge in [-0.3, -0.25) is 4.98 Å². The molecule has 1 atom stereocenters. The van der Waals surface area contributed by atoms with Gasteiger partial charge in [-0.25, -0.2) is 9.97 Å². The number of aromatic nitrogens is 3. The number of hydrogen-bond donors (Lipinski definition) is 0. The molecule has 0 aliphatic carbocycles. The lowest BCUT2D eigenvalue weighted by Gasteiger charge is -2.34. The van der Waals surface area contributed by atoms with Gasteiger partial charge in [0, 0.05) is 43.8 Å². The van der Waals surface area contributed by atoms with Crippen LogP contribution in [0.25, 0.3) is 11.5 Å². The monoisotopic (exact) mass is 324 g/mol. The number of anilines is 1. The van der Waals surface area contributed by atoms with Crippen LogP contribution < -0.4 is 4.90 Å². The maximum atomic E-state index is 5.54. The Morgan fingerprint density at radius 3 is 2.79 bits per heavy atom. The predicted molar refractivity (Wildman–Crippen MR) is 93.9 cm³/mol. The Morgan fingerprint density at radius 1 is 1.12 bits per heavy atom. The molecule has 5 heteroatoms. The number of hydrogen-bond acceptors (Lipinski definition) is 5. The summed E-state index contributed by atoms with van der Waals surface area (Å²) in [4.78, 5) is 16.3. The van der Waals surface area contributed by atoms with Crippen molar-refractivity contribution in [1.82, 2.24) is 15.0 Å². The van der Waals surface area contributed by atoms with Crippen LogP contribution in [0.3, 0.4) is 0 Å². The van der Waals surface area contributed by atoms with Crippen molar-refractivity contribution in [3.05, 3.63) is 36.2 Å². The largest absolute Gasteiger partial charge is 0.381 e. The van der Waals surface area contributed by atoms with Crippen molar-refractivity contribution in [2.75, 3.05) is 24.7 Å². The molecule has 4 heterocycles. The molecule has 0 bridgehead atoms. The fraction of sp³-hybridized carbons (Fsp3) is 0.526. The first-order valence-corrected chi connectivity index (χ1v) is 8.93. The van der Waals surface area contributed by atoms with Gasteiger partial charge in [0.05, 0.1) is 0 Å². The van der Waals surface area contributed by atoms with Crippen LogP contribution >= 0.6 is 0 Å². The molecule has 0 saturated carbocycles. The highest BCUT2D eigenvalue weighted by atomic mass is 16.5. The first kappa shape index (κ1) is 15.5. The summed E-state index contributed by atoms with van der Waals surface area (Å²) in [6, 6.07) is 8.57. The third-order valence-electron chi connectivity index (χ3n) is 5.14. The Kier molecular flexibility index (Phi) is 4.43. The van der Waals surface area contributed by atoms with Crippen molar-refractivity contribution in [3.63, 3.8) is 0 Å². The van der Waals surface area contributed by atoms with Crippen LogP contribution in [0.15, 0.2) is 30.5 Å². The fourth-order valence-electron chi connectivity index (χ4n) is 3.98. The van der Waals surface area contributed by atoms with Crippen molar-refractivity contribution in [1.29, 1.82) is 0 Å². The maximum absolute atomic E-state index is 5.54. The van der Waals surface area contributed by atoms with Crippen molar-refractivity contribution in [2.45, 2.75) is 38.6 Å². The zero-order chi connectivity index (χ0) is 16.4. The van der Waals surface area contributed by atoms with Gasteiger partial charge >= 0.3 is 0 Å². The van der Waals surface area contributed by atoms with Crippen LogP contribution in [0, 0.1) is 12.8 Å². The lowest BCUT2D eigenvalue weighted by Crippen LogP contribution is -2.39. The van der Waals surface area contributed by atoms with E-state index in [9.17, 15) is 0 Å². The quantitative estimate of drug-likeness (QED) is 0.867. The first-order chi connectivity index (χ1) is 11.8. The van der Waals surface area contributed by atoms with E-state index in [4.69, 9.17) is 9.72 Å². The molecule has 0 aromatic carbocycles. The average Bonchev–Trinajstić information content (AvgIpc) is 3.12. The summed E-state index contributed by atoms with van der Waals surface area (Å²) in [6.07, 6.45) is 6.62. The van der Waals surface area contributed by atoms with E-state index in [1.165, 1.54) is 25.7 Å². The van der Waals surface area contributed by atoms with Gasteiger partial charge in [-0.05, 0) is 50.7 Å². The lowest BCUT2D eigenvalue weighted by atomic mass is 9.90. The van der Waals surface area contributed by atoms with Gasteiger partial charge in [0.1, 0.15) is 11.5 Å². The number of pyridine rings is 1. The Hall–Kier alpha value is -2.01. The summed E-state index contributed by atoms with van der Waals surface area (Å²) in [5.41, 5.74) is 1.84. The van der Waals surface area contributed by atoms with E-state index in [0.717, 1.165) is 48.7 Å². The molecular weight excluding hydrogens is 300 g/mol. The summed E-state index contributed by atoms with van der Waals surface area (Å²) in [5, 5.41) is 0. The third-order valence-corrected chi connectivity index (χ3v) is 5.14. The van der Waals surface area contributed by atoms with E-state index < -0.39 is 0 Å². The minimum absolute atomic E-state index is 0.583. The van der Waals surface area contributed by atoms with Crippen LogP contribution in [0.2, 0.25) is 0 Å². The molecule has 2 fully saturated rings. The van der Waals surface area contributed by atoms with Gasteiger partial charge in [-0.15, -0.1) is 0 Å². The summed E-state index contributed by atoms with van der Waals surface area (Å²) in [5.74, 6) is 2.50. The topological polar surface area (TPSA) is 51.1 Å². The van der Waals surface area contributed by atoms with Gasteiger partial charge in [-0.1, -0.05) is 6.07 Å². The van der Waals surface area contributed by atoms with Crippen LogP contribution in [-0.2, 0) is 4.74 Å². The van der Waals surface area contributed by atoms with E-state index in [1.54, 1.807) is 6.20 Å². The van der Waals surface area contributed by atoms with Gasteiger partial charge < -0.3 is 9.64 Å². The second kappa shape index (κ2) is 6.85. The van der Waals surface area contributed by atoms with Crippen LogP contribution in [0.1, 0.15) is 31.4 Å². The minimum atomic E-state index is 0.583. The van der Waals surface area contributed by atoms with E-state index in [0.29, 0.717) is 6.04 Å². The van der Waals surface area contributed by atoms with Gasteiger partial charge in [0.25, 0.3) is 0 Å². The van der Waals surface area contributed by atoms with Crippen molar-refractivity contribution in [3.8, 4) is 11.5 Å². The molecule has 0 N–H and O–H groups in total. The summed E-state index contributed by atoms with van der Waals surface area (Å²) in [7, 11) is 0. The maximum Gasteiger partial charge on any atom is 0.180 e. The smallest absolute Gasteiger partial charge is 0.180 e. The van der Waals surface area contributed by atoms with E-state index >= 15 is 0 Å². The Labute approximate surface area is 143 Å². The lowest BCUT2D eigenvalue weighted by molar-refractivity contribution is 0.0588. The molecule has 1 unspecified atom stereocenters. The minimum Gasteiger partial charge on any atom is -0.381 e. The molecule has 0 spiro atoms. The van der Waals surface area contributed by atoms with Gasteiger partial charge in [0.15, 0.2) is 5.82 Å². The Balaban J connectivity index is 1.64. The number of rotatable bonds is 3. The van der Waals surface area contributed by atoms with Gasteiger partial charge in [0.2, 0.25) is 0 Å². The molecule has 2 aromatic rings. The van der Waals surface area contributed by atoms with Gasteiger partial charge in [-0.2, -0.15) is 0 Å².